The fraction of sp³-hybridized carbons (Fsp3) is 0.167. The predicted octanol–water partition coefficient (Wildman–Crippen LogP) is 5.18. The highest BCUT2D eigenvalue weighted by molar-refractivity contribution is 6.04. The molecule has 0 saturated carbocycles. The Morgan fingerprint density at radius 1 is 1.06 bits per heavy atom. The molecule has 11 heteroatoms. The van der Waals surface area contributed by atoms with Crippen LogP contribution in [0.4, 0.5) is 23.2 Å². The third-order valence-electron chi connectivity index (χ3n) is 5.46. The van der Waals surface area contributed by atoms with Crippen molar-refractivity contribution in [3.8, 4) is 11.3 Å². The van der Waals surface area contributed by atoms with Gasteiger partial charge in [0.25, 0.3) is 0 Å². The SMILES string of the molecule is O=C(CCc1cc(C2=Nc3ccc(C(F)(F)F)cc3C2)on1)c1cc(-c2cccnc2F)ncn1. The van der Waals surface area contributed by atoms with Crippen LogP contribution in [-0.2, 0) is 19.0 Å². The fourth-order valence-corrected chi connectivity index (χ4v) is 3.69. The van der Waals surface area contributed by atoms with E-state index in [-0.39, 0.29) is 42.0 Å². The van der Waals surface area contributed by atoms with Crippen LogP contribution in [0.15, 0.2) is 64.5 Å². The maximum atomic E-state index is 13.9. The van der Waals surface area contributed by atoms with Crippen LogP contribution < -0.4 is 0 Å². The Labute approximate surface area is 195 Å². The highest BCUT2D eigenvalue weighted by atomic mass is 19.4. The van der Waals surface area contributed by atoms with Gasteiger partial charge >= 0.3 is 6.18 Å². The number of Topliss-reactive ketones (excluding diaryl/α,β-unsaturated/α-hetero) is 1. The minimum absolute atomic E-state index is 0.0552. The molecule has 0 saturated heterocycles. The van der Waals surface area contributed by atoms with E-state index >= 15 is 0 Å². The van der Waals surface area contributed by atoms with E-state index in [2.05, 4.69) is 25.1 Å². The molecule has 3 aromatic heterocycles. The van der Waals surface area contributed by atoms with Crippen LogP contribution in [0.25, 0.3) is 11.3 Å². The van der Waals surface area contributed by atoms with E-state index in [4.69, 9.17) is 4.52 Å². The largest absolute Gasteiger partial charge is 0.416 e. The summed E-state index contributed by atoms with van der Waals surface area (Å²) in [5, 5.41) is 3.94. The van der Waals surface area contributed by atoms with Crippen LogP contribution in [0, 0.1) is 5.95 Å². The molecule has 0 unspecified atom stereocenters. The first-order valence-electron chi connectivity index (χ1n) is 10.5. The number of halogens is 4. The van der Waals surface area contributed by atoms with Crippen molar-refractivity contribution in [2.45, 2.75) is 25.4 Å². The van der Waals surface area contributed by atoms with Gasteiger partial charge in [0, 0.05) is 31.5 Å². The summed E-state index contributed by atoms with van der Waals surface area (Å²) in [5.74, 6) is -0.673. The lowest BCUT2D eigenvalue weighted by Crippen LogP contribution is -2.06. The highest BCUT2D eigenvalue weighted by Crippen LogP contribution is 2.36. The van der Waals surface area contributed by atoms with Crippen molar-refractivity contribution in [1.29, 1.82) is 0 Å². The molecule has 0 radical (unpaired) electrons. The topological polar surface area (TPSA) is 94.1 Å². The number of rotatable bonds is 6. The van der Waals surface area contributed by atoms with E-state index in [9.17, 15) is 22.4 Å². The summed E-state index contributed by atoms with van der Waals surface area (Å²) in [7, 11) is 0. The number of ketones is 1. The second-order valence-corrected chi connectivity index (χ2v) is 7.81. The first-order valence-corrected chi connectivity index (χ1v) is 10.5. The third kappa shape index (κ3) is 4.70. The van der Waals surface area contributed by atoms with Gasteiger partial charge in [0.2, 0.25) is 5.95 Å². The Morgan fingerprint density at radius 3 is 2.71 bits per heavy atom. The van der Waals surface area contributed by atoms with Crippen molar-refractivity contribution < 1.29 is 26.9 Å². The monoisotopic (exact) mass is 481 g/mol. The number of carbonyl (C=O) groups is 1. The summed E-state index contributed by atoms with van der Waals surface area (Å²) in [6.07, 6.45) is -1.46. The second-order valence-electron chi connectivity index (χ2n) is 7.81. The highest BCUT2D eigenvalue weighted by Gasteiger charge is 2.32. The molecular weight excluding hydrogens is 466 g/mol. The first-order chi connectivity index (χ1) is 16.8. The summed E-state index contributed by atoms with van der Waals surface area (Å²) in [6, 6.07) is 9.47. The maximum Gasteiger partial charge on any atom is 0.416 e. The van der Waals surface area contributed by atoms with Gasteiger partial charge in [-0.25, -0.2) is 19.9 Å². The number of aliphatic imine (C=N–C) groups is 1. The van der Waals surface area contributed by atoms with Crippen LogP contribution in [0.5, 0.6) is 0 Å². The lowest BCUT2D eigenvalue weighted by Gasteiger charge is -2.07. The van der Waals surface area contributed by atoms with Gasteiger partial charge < -0.3 is 4.52 Å². The smallest absolute Gasteiger partial charge is 0.355 e. The van der Waals surface area contributed by atoms with Crippen LogP contribution in [-0.4, -0.2) is 31.6 Å². The van der Waals surface area contributed by atoms with Crippen molar-refractivity contribution in [2.24, 2.45) is 4.99 Å². The maximum absolute atomic E-state index is 13.9. The average Bonchev–Trinajstić information content (AvgIpc) is 3.49. The second kappa shape index (κ2) is 8.82. The van der Waals surface area contributed by atoms with Crippen molar-refractivity contribution in [1.82, 2.24) is 20.1 Å². The zero-order valence-electron chi connectivity index (χ0n) is 17.9. The minimum atomic E-state index is -4.43. The quantitative estimate of drug-likeness (QED) is 0.214. The molecule has 0 fully saturated rings. The molecular formula is C24H15F4N5O2. The average molecular weight is 481 g/mol. The number of pyridine rings is 1. The van der Waals surface area contributed by atoms with Crippen molar-refractivity contribution >= 4 is 17.2 Å². The normalized spacial score (nSPS) is 13.0. The Kier molecular flexibility index (Phi) is 5.67. The zero-order valence-corrected chi connectivity index (χ0v) is 17.9. The number of hydrogen-bond acceptors (Lipinski definition) is 7. The van der Waals surface area contributed by atoms with E-state index in [1.54, 1.807) is 12.1 Å². The molecule has 176 valence electrons. The standard InChI is InChI=1S/C24H15F4N5O2/c25-23-16(2-1-7-29-23)18-11-19(31-12-30-18)21(34)6-4-15-10-22(35-33-15)20-9-13-8-14(24(26,27)28)3-5-17(13)32-20/h1-3,5,7-8,10-12H,4,6,9H2. The molecule has 1 aliphatic heterocycles. The van der Waals surface area contributed by atoms with Gasteiger partial charge in [0.05, 0.1) is 33.9 Å². The van der Waals surface area contributed by atoms with Crippen molar-refractivity contribution in [3.63, 3.8) is 0 Å². The van der Waals surface area contributed by atoms with Gasteiger partial charge in [-0.1, -0.05) is 5.16 Å². The summed E-state index contributed by atoms with van der Waals surface area (Å²) in [4.78, 5) is 28.5. The summed E-state index contributed by atoms with van der Waals surface area (Å²) in [5.41, 5.74) is 1.63. The molecule has 0 aliphatic carbocycles. The molecule has 1 aromatic carbocycles. The Hall–Kier alpha value is -4.28. The number of aryl methyl sites for hydroxylation is 1. The van der Waals surface area contributed by atoms with Crippen LogP contribution in [0.3, 0.4) is 0 Å². The summed E-state index contributed by atoms with van der Waals surface area (Å²) >= 11 is 0. The minimum Gasteiger partial charge on any atom is -0.355 e. The molecule has 7 nitrogen and oxygen atoms in total. The van der Waals surface area contributed by atoms with E-state index in [0.29, 0.717) is 28.4 Å². The Balaban J connectivity index is 1.25. The number of fused-ring (bicyclic) bond motifs is 1. The molecule has 5 rings (SSSR count). The molecule has 0 spiro atoms. The van der Waals surface area contributed by atoms with Gasteiger partial charge in [-0.2, -0.15) is 17.6 Å². The molecule has 4 aromatic rings. The lowest BCUT2D eigenvalue weighted by molar-refractivity contribution is -0.137. The number of hydrogen-bond donors (Lipinski definition) is 0. The lowest BCUT2D eigenvalue weighted by atomic mass is 10.0. The Bertz CT molecular complexity index is 1460. The van der Waals surface area contributed by atoms with Gasteiger partial charge in [0.15, 0.2) is 11.5 Å². The molecule has 4 heterocycles. The number of carbonyl (C=O) groups excluding carboxylic acids is 1. The Morgan fingerprint density at radius 2 is 1.91 bits per heavy atom. The van der Waals surface area contributed by atoms with E-state index in [1.165, 1.54) is 30.7 Å². The summed E-state index contributed by atoms with van der Waals surface area (Å²) < 4.78 is 58.1. The molecule has 0 bridgehead atoms. The molecule has 0 amide bonds. The van der Waals surface area contributed by atoms with Gasteiger partial charge in [-0.15, -0.1) is 0 Å². The van der Waals surface area contributed by atoms with Crippen LogP contribution in [0.1, 0.15) is 39.5 Å². The molecule has 1 aliphatic rings. The number of benzene rings is 1. The number of aromatic nitrogens is 4. The van der Waals surface area contributed by atoms with Crippen LogP contribution >= 0.6 is 0 Å². The van der Waals surface area contributed by atoms with E-state index in [0.717, 1.165) is 12.1 Å². The molecule has 0 atom stereocenters. The van der Waals surface area contributed by atoms with Gasteiger partial charge in [0.1, 0.15) is 12.0 Å². The van der Waals surface area contributed by atoms with Crippen molar-refractivity contribution in [3.05, 3.63) is 89.2 Å². The zero-order chi connectivity index (χ0) is 24.6. The first kappa shape index (κ1) is 22.5. The van der Waals surface area contributed by atoms with Crippen molar-refractivity contribution in [2.75, 3.05) is 0 Å². The fourth-order valence-electron chi connectivity index (χ4n) is 3.69. The third-order valence-corrected chi connectivity index (χ3v) is 5.46. The summed E-state index contributed by atoms with van der Waals surface area (Å²) in [6.45, 7) is 0. The number of alkyl halides is 3. The predicted molar refractivity (Wildman–Crippen MR) is 116 cm³/mol. The van der Waals surface area contributed by atoms with E-state index < -0.39 is 17.7 Å². The van der Waals surface area contributed by atoms with E-state index in [1.807, 2.05) is 0 Å². The van der Waals surface area contributed by atoms with Gasteiger partial charge in [-0.05, 0) is 42.0 Å². The number of nitrogens with zero attached hydrogens (tertiary/aromatic N) is 5. The van der Waals surface area contributed by atoms with Crippen LogP contribution in [0.2, 0.25) is 0 Å². The molecule has 0 N–H and O–H groups in total. The molecule has 35 heavy (non-hydrogen) atoms. The van der Waals surface area contributed by atoms with Gasteiger partial charge in [-0.3, -0.25) is 4.79 Å².